The van der Waals surface area contributed by atoms with Crippen molar-refractivity contribution in [3.05, 3.63) is 0 Å². The zero-order chi connectivity index (χ0) is 10.6. The van der Waals surface area contributed by atoms with Crippen molar-refractivity contribution in [2.45, 2.75) is 24.8 Å². The van der Waals surface area contributed by atoms with E-state index in [1.807, 2.05) is 0 Å². The molecule has 1 spiro atoms. The largest absolute Gasteiger partial charge is 0.468 e. The van der Waals surface area contributed by atoms with Crippen molar-refractivity contribution in [2.75, 3.05) is 0 Å². The van der Waals surface area contributed by atoms with Crippen molar-refractivity contribution < 1.29 is 18.4 Å². The highest BCUT2D eigenvalue weighted by Crippen LogP contribution is 2.66. The number of cyclic esters (lactones) is 2. The Labute approximate surface area is 93.2 Å². The van der Waals surface area contributed by atoms with Crippen LogP contribution in [0.15, 0.2) is 0 Å². The summed E-state index contributed by atoms with van der Waals surface area (Å²) in [5.74, 6) is 0.324. The van der Waals surface area contributed by atoms with E-state index in [0.29, 0.717) is 5.92 Å². The molecule has 0 aromatic carbocycles. The van der Waals surface area contributed by atoms with Gasteiger partial charge in [-0.2, -0.15) is 0 Å². The molecule has 3 unspecified atom stereocenters. The summed E-state index contributed by atoms with van der Waals surface area (Å²) >= 11 is 0. The first-order valence-corrected chi connectivity index (χ1v) is 7.68. The first kappa shape index (κ1) is 9.74. The molecular weight excluding hydrogens is 228 g/mol. The van der Waals surface area contributed by atoms with Crippen molar-refractivity contribution in [1.29, 1.82) is 0 Å². The lowest BCUT2D eigenvalue weighted by Crippen LogP contribution is -2.59. The highest BCUT2D eigenvalue weighted by molar-refractivity contribution is 6.40. The smallest absolute Gasteiger partial charge is 0.331 e. The van der Waals surface area contributed by atoms with Crippen LogP contribution in [-0.2, 0) is 18.4 Å². The second kappa shape index (κ2) is 3.02. The summed E-state index contributed by atoms with van der Waals surface area (Å²) in [6.45, 7) is 0. The average molecular weight is 242 g/mol. The van der Waals surface area contributed by atoms with Gasteiger partial charge in [0.1, 0.15) is 10.5 Å². The molecule has 0 N–H and O–H groups in total. The molecule has 2 bridgehead atoms. The van der Waals surface area contributed by atoms with Crippen LogP contribution >= 0.6 is 0 Å². The first-order valence-electron chi connectivity index (χ1n) is 5.47. The third-order valence-corrected chi connectivity index (χ3v) is 7.48. The van der Waals surface area contributed by atoms with Crippen LogP contribution in [0.2, 0.25) is 5.54 Å². The molecule has 2 saturated carbocycles. The number of hydrogen-bond donors (Lipinski definition) is 0. The second-order valence-electron chi connectivity index (χ2n) is 4.88. The standard InChI is InChI=1S/C9H14O4Si2/c10-7-9(8(11)12-7)5-2-1-4(3-5)6(9)15-13-14/h4-6H,1-3,15H2,14H3. The fourth-order valence-electron chi connectivity index (χ4n) is 3.84. The maximum Gasteiger partial charge on any atom is 0.331 e. The fraction of sp³-hybridized carbons (Fsp3) is 0.778. The van der Waals surface area contributed by atoms with Gasteiger partial charge < -0.3 is 8.85 Å². The molecule has 82 valence electrons. The Morgan fingerprint density at radius 2 is 2.13 bits per heavy atom. The van der Waals surface area contributed by atoms with Crippen molar-refractivity contribution in [1.82, 2.24) is 0 Å². The summed E-state index contributed by atoms with van der Waals surface area (Å²) in [6, 6.07) is 0. The number of hydrogen-bond acceptors (Lipinski definition) is 4. The highest BCUT2D eigenvalue weighted by Gasteiger charge is 2.73. The summed E-state index contributed by atoms with van der Waals surface area (Å²) in [6.07, 6.45) is 3.25. The maximum atomic E-state index is 11.7. The monoisotopic (exact) mass is 242 g/mol. The lowest BCUT2D eigenvalue weighted by atomic mass is 9.69. The quantitative estimate of drug-likeness (QED) is 0.341. The van der Waals surface area contributed by atoms with Crippen LogP contribution in [0, 0.1) is 17.3 Å². The molecule has 0 amide bonds. The van der Waals surface area contributed by atoms with Gasteiger partial charge in [0.2, 0.25) is 0 Å². The zero-order valence-corrected chi connectivity index (χ0v) is 12.1. The van der Waals surface area contributed by atoms with E-state index in [4.69, 9.17) is 4.12 Å². The molecule has 3 atom stereocenters. The third-order valence-electron chi connectivity index (χ3n) is 4.48. The lowest BCUT2D eigenvalue weighted by Gasteiger charge is -2.44. The molecule has 1 saturated heterocycles. The van der Waals surface area contributed by atoms with Crippen LogP contribution < -0.4 is 0 Å². The van der Waals surface area contributed by atoms with Crippen LogP contribution in [-0.4, -0.2) is 32.2 Å². The molecule has 0 aromatic rings. The average Bonchev–Trinajstić information content (AvgIpc) is 2.78. The van der Waals surface area contributed by atoms with E-state index in [-0.39, 0.29) is 23.4 Å². The summed E-state index contributed by atoms with van der Waals surface area (Å²) in [5, 5.41) is 0. The van der Waals surface area contributed by atoms with Crippen LogP contribution in [0.25, 0.3) is 0 Å². The van der Waals surface area contributed by atoms with Gasteiger partial charge in [-0.25, -0.2) is 0 Å². The maximum absolute atomic E-state index is 11.7. The number of ether oxygens (including phenoxy) is 1. The van der Waals surface area contributed by atoms with Crippen LogP contribution in [0.5, 0.6) is 0 Å². The van der Waals surface area contributed by atoms with E-state index in [1.165, 1.54) is 6.42 Å². The number of carbonyl (C=O) groups is 2. The van der Waals surface area contributed by atoms with Gasteiger partial charge in [-0.05, 0) is 24.7 Å². The molecule has 3 aliphatic rings. The molecule has 3 rings (SSSR count). The van der Waals surface area contributed by atoms with E-state index >= 15 is 0 Å². The van der Waals surface area contributed by atoms with E-state index in [0.717, 1.165) is 23.3 Å². The molecule has 1 aliphatic heterocycles. The Balaban J connectivity index is 1.98. The van der Waals surface area contributed by atoms with E-state index in [2.05, 4.69) is 4.74 Å². The summed E-state index contributed by atoms with van der Waals surface area (Å²) in [5.41, 5.74) is -0.484. The number of carbonyl (C=O) groups excluding carboxylic acids is 2. The molecule has 0 aromatic heterocycles. The van der Waals surface area contributed by atoms with Gasteiger partial charge in [-0.3, -0.25) is 9.59 Å². The molecular formula is C9H14O4Si2. The predicted octanol–water partition coefficient (Wildman–Crippen LogP) is -1.34. The van der Waals surface area contributed by atoms with Crippen molar-refractivity contribution in [3.8, 4) is 0 Å². The Kier molecular flexibility index (Phi) is 1.96. The van der Waals surface area contributed by atoms with Gasteiger partial charge in [-0.1, -0.05) is 6.42 Å². The minimum Gasteiger partial charge on any atom is -0.468 e. The molecule has 0 radical (unpaired) electrons. The first-order chi connectivity index (χ1) is 7.21. The van der Waals surface area contributed by atoms with Gasteiger partial charge in [0, 0.05) is 5.54 Å². The zero-order valence-electron chi connectivity index (χ0n) is 8.69. The Morgan fingerprint density at radius 3 is 2.73 bits per heavy atom. The Bertz CT molecular complexity index is 329. The molecule has 6 heteroatoms. The van der Waals surface area contributed by atoms with E-state index in [1.54, 1.807) is 0 Å². The van der Waals surface area contributed by atoms with Crippen LogP contribution in [0.3, 0.4) is 0 Å². The molecule has 1 heterocycles. The second-order valence-corrected chi connectivity index (χ2v) is 8.40. The van der Waals surface area contributed by atoms with Crippen molar-refractivity contribution in [3.63, 3.8) is 0 Å². The van der Waals surface area contributed by atoms with E-state index in [9.17, 15) is 9.59 Å². The topological polar surface area (TPSA) is 52.6 Å². The lowest BCUT2D eigenvalue weighted by molar-refractivity contribution is -0.201. The number of rotatable bonds is 2. The molecule has 3 fully saturated rings. The van der Waals surface area contributed by atoms with E-state index < -0.39 is 15.2 Å². The summed E-state index contributed by atoms with van der Waals surface area (Å²) in [7, 11) is 0.00579. The minimum absolute atomic E-state index is 0.238. The number of fused-ring (bicyclic) bond motifs is 3. The van der Waals surface area contributed by atoms with Gasteiger partial charge in [0.15, 0.2) is 15.2 Å². The predicted molar refractivity (Wildman–Crippen MR) is 57.7 cm³/mol. The highest BCUT2D eigenvalue weighted by atomic mass is 28.3. The van der Waals surface area contributed by atoms with Gasteiger partial charge in [-0.15, -0.1) is 0 Å². The van der Waals surface area contributed by atoms with Gasteiger partial charge >= 0.3 is 11.9 Å². The third kappa shape index (κ3) is 0.950. The van der Waals surface area contributed by atoms with Gasteiger partial charge in [0.25, 0.3) is 0 Å². The Hall–Kier alpha value is -0.466. The summed E-state index contributed by atoms with van der Waals surface area (Å²) in [4.78, 5) is 23.4. The van der Waals surface area contributed by atoms with Gasteiger partial charge in [0.05, 0.1) is 0 Å². The minimum atomic E-state index is -0.723. The Morgan fingerprint density at radius 1 is 1.40 bits per heavy atom. The molecule has 4 nitrogen and oxygen atoms in total. The van der Waals surface area contributed by atoms with Crippen molar-refractivity contribution >= 4 is 32.2 Å². The summed E-state index contributed by atoms with van der Waals surface area (Å²) < 4.78 is 10.0. The number of esters is 2. The van der Waals surface area contributed by atoms with Crippen molar-refractivity contribution in [2.24, 2.45) is 17.3 Å². The van der Waals surface area contributed by atoms with Crippen LogP contribution in [0.1, 0.15) is 19.3 Å². The fourth-order valence-corrected chi connectivity index (χ4v) is 6.91. The van der Waals surface area contributed by atoms with Crippen LogP contribution in [0.4, 0.5) is 0 Å². The molecule has 2 aliphatic carbocycles. The normalized spacial score (nSPS) is 41.7. The SMILES string of the molecule is O=C1OC(=O)C12C1CCC(C1)C2[SiH2]O[SiH3]. The molecule has 15 heavy (non-hydrogen) atoms.